The van der Waals surface area contributed by atoms with Crippen molar-refractivity contribution in [1.29, 1.82) is 0 Å². The van der Waals surface area contributed by atoms with Crippen LogP contribution in [0.25, 0.3) is 0 Å². The Labute approximate surface area is 123 Å². The Bertz CT molecular complexity index is 701. The first kappa shape index (κ1) is 15.2. The zero-order valence-corrected chi connectivity index (χ0v) is 13.3. The highest BCUT2D eigenvalue weighted by molar-refractivity contribution is 7.91. The molecule has 0 bridgehead atoms. The fourth-order valence-electron chi connectivity index (χ4n) is 1.85. The van der Waals surface area contributed by atoms with Crippen LogP contribution in [0.4, 0.5) is 0 Å². The molecule has 0 fully saturated rings. The maximum absolute atomic E-state index is 12.5. The third-order valence-electron chi connectivity index (χ3n) is 3.02. The highest BCUT2D eigenvalue weighted by atomic mass is 32.2. The van der Waals surface area contributed by atoms with Crippen molar-refractivity contribution in [2.24, 2.45) is 5.73 Å². The van der Waals surface area contributed by atoms with Gasteiger partial charge in [0.25, 0.3) is 10.0 Å². The summed E-state index contributed by atoms with van der Waals surface area (Å²) in [5, 5.41) is 0. The fourth-order valence-corrected chi connectivity index (χ4v) is 4.66. The van der Waals surface area contributed by atoms with E-state index in [1.54, 1.807) is 19.2 Å². The average molecular weight is 314 g/mol. The lowest BCUT2D eigenvalue weighted by Crippen LogP contribution is -2.25. The van der Waals surface area contributed by atoms with Crippen LogP contribution in [0, 0.1) is 13.8 Å². The van der Waals surface area contributed by atoms with E-state index in [1.807, 2.05) is 19.9 Å². The summed E-state index contributed by atoms with van der Waals surface area (Å²) in [6.07, 6.45) is 0. The second-order valence-corrected chi connectivity index (χ2v) is 8.06. The zero-order valence-electron chi connectivity index (χ0n) is 11.7. The van der Waals surface area contributed by atoms with Gasteiger partial charge in [-0.15, -0.1) is 11.3 Å². The molecule has 2 aromatic rings. The molecule has 0 aliphatic rings. The van der Waals surface area contributed by atoms with E-state index in [4.69, 9.17) is 10.2 Å². The summed E-state index contributed by atoms with van der Waals surface area (Å²) < 4.78 is 32.0. The monoisotopic (exact) mass is 314 g/mol. The van der Waals surface area contributed by atoms with Crippen LogP contribution in [0.5, 0.6) is 0 Å². The van der Waals surface area contributed by atoms with Crippen LogP contribution in [0.2, 0.25) is 0 Å². The summed E-state index contributed by atoms with van der Waals surface area (Å²) in [4.78, 5) is 0.894. The van der Waals surface area contributed by atoms with Gasteiger partial charge in [-0.3, -0.25) is 0 Å². The van der Waals surface area contributed by atoms with Gasteiger partial charge in [0, 0.05) is 18.5 Å². The molecular weight excluding hydrogens is 296 g/mol. The average Bonchev–Trinajstić information content (AvgIpc) is 2.95. The van der Waals surface area contributed by atoms with Crippen molar-refractivity contribution >= 4 is 21.4 Å². The van der Waals surface area contributed by atoms with Crippen molar-refractivity contribution in [3.8, 4) is 0 Å². The summed E-state index contributed by atoms with van der Waals surface area (Å²) in [6.45, 7) is 4.26. The Morgan fingerprint density at radius 1 is 1.35 bits per heavy atom. The molecule has 7 heteroatoms. The maximum atomic E-state index is 12.5. The summed E-state index contributed by atoms with van der Waals surface area (Å²) in [7, 11) is -1.96. The molecule has 20 heavy (non-hydrogen) atoms. The topological polar surface area (TPSA) is 76.5 Å². The van der Waals surface area contributed by atoms with Crippen LogP contribution in [0.15, 0.2) is 26.8 Å². The van der Waals surface area contributed by atoms with Gasteiger partial charge < -0.3 is 10.2 Å². The molecule has 2 aromatic heterocycles. The lowest BCUT2D eigenvalue weighted by atomic mass is 10.3. The predicted octanol–water partition coefficient (Wildman–Crippen LogP) is 2.24. The smallest absolute Gasteiger partial charge is 0.252 e. The van der Waals surface area contributed by atoms with Gasteiger partial charge in [0.15, 0.2) is 0 Å². The van der Waals surface area contributed by atoms with Crippen LogP contribution in [0.1, 0.15) is 22.0 Å². The summed E-state index contributed by atoms with van der Waals surface area (Å²) in [5.41, 5.74) is 6.51. The van der Waals surface area contributed by atoms with Crippen LogP contribution in [0.3, 0.4) is 0 Å². The number of hydrogen-bond donors (Lipinski definition) is 1. The van der Waals surface area contributed by atoms with Crippen molar-refractivity contribution in [1.82, 2.24) is 4.31 Å². The molecule has 0 aliphatic heterocycles. The molecule has 0 aliphatic carbocycles. The highest BCUT2D eigenvalue weighted by Crippen LogP contribution is 2.28. The Morgan fingerprint density at radius 3 is 2.55 bits per heavy atom. The Hall–Kier alpha value is -1.15. The molecule has 0 atom stereocenters. The molecule has 0 spiro atoms. The number of sulfonamides is 1. The minimum Gasteiger partial charge on any atom is -0.465 e. The van der Waals surface area contributed by atoms with Gasteiger partial charge in [0.1, 0.15) is 15.7 Å². The number of thiophene rings is 1. The van der Waals surface area contributed by atoms with Gasteiger partial charge in [0.2, 0.25) is 0 Å². The number of furan rings is 1. The second-order valence-electron chi connectivity index (χ2n) is 4.65. The molecule has 0 amide bonds. The molecule has 0 aromatic carbocycles. The number of aryl methyl sites for hydroxylation is 2. The third kappa shape index (κ3) is 2.95. The molecule has 5 nitrogen and oxygen atoms in total. The number of rotatable bonds is 5. The fraction of sp³-hybridized carbons (Fsp3) is 0.385. The molecule has 0 radical (unpaired) electrons. The van der Waals surface area contributed by atoms with Gasteiger partial charge in [-0.2, -0.15) is 4.31 Å². The van der Waals surface area contributed by atoms with Crippen LogP contribution in [-0.2, 0) is 23.1 Å². The number of nitrogens with two attached hydrogens (primary N) is 1. The minimum absolute atomic E-state index is 0.213. The molecule has 110 valence electrons. The second kappa shape index (κ2) is 5.69. The van der Waals surface area contributed by atoms with Gasteiger partial charge in [-0.1, -0.05) is 0 Å². The Morgan fingerprint density at radius 2 is 2.05 bits per heavy atom. The van der Waals surface area contributed by atoms with Crippen molar-refractivity contribution in [2.75, 3.05) is 7.05 Å². The molecule has 0 saturated heterocycles. The zero-order chi connectivity index (χ0) is 14.9. The third-order valence-corrected chi connectivity index (χ3v) is 6.53. The number of hydrogen-bond acceptors (Lipinski definition) is 5. The molecule has 2 rings (SSSR count). The van der Waals surface area contributed by atoms with E-state index in [2.05, 4.69) is 0 Å². The van der Waals surface area contributed by atoms with Gasteiger partial charge in [0.05, 0.1) is 6.54 Å². The van der Waals surface area contributed by atoms with E-state index in [-0.39, 0.29) is 6.54 Å². The first-order valence-electron chi connectivity index (χ1n) is 6.15. The minimum atomic E-state index is -3.50. The maximum Gasteiger partial charge on any atom is 0.252 e. The SMILES string of the molecule is Cc1ccc(CN(C)S(=O)(=O)c2cc(C)c(CN)s2)o1. The number of nitrogens with zero attached hydrogens (tertiary/aromatic N) is 1. The van der Waals surface area contributed by atoms with Gasteiger partial charge >= 0.3 is 0 Å². The van der Waals surface area contributed by atoms with E-state index < -0.39 is 10.0 Å². The van der Waals surface area contributed by atoms with Gasteiger partial charge in [-0.05, 0) is 37.6 Å². The first-order valence-corrected chi connectivity index (χ1v) is 8.41. The van der Waals surface area contributed by atoms with E-state index in [1.165, 1.54) is 15.6 Å². The van der Waals surface area contributed by atoms with Crippen molar-refractivity contribution in [3.05, 3.63) is 40.2 Å². The molecule has 2 N–H and O–H groups in total. The van der Waals surface area contributed by atoms with Gasteiger partial charge in [-0.25, -0.2) is 8.42 Å². The summed E-state index contributed by atoms with van der Waals surface area (Å²) >= 11 is 1.23. The largest absolute Gasteiger partial charge is 0.465 e. The van der Waals surface area contributed by atoms with Crippen molar-refractivity contribution in [2.45, 2.75) is 31.1 Å². The van der Waals surface area contributed by atoms with E-state index in [9.17, 15) is 8.42 Å². The standard InChI is InChI=1S/C13H18N2O3S2/c1-9-6-13(19-12(9)7-14)20(16,17)15(3)8-11-5-4-10(2)18-11/h4-6H,7-8,14H2,1-3H3. The Balaban J connectivity index is 2.24. The lowest BCUT2D eigenvalue weighted by molar-refractivity contribution is 0.398. The lowest BCUT2D eigenvalue weighted by Gasteiger charge is -2.14. The molecule has 0 saturated carbocycles. The van der Waals surface area contributed by atoms with Crippen LogP contribution < -0.4 is 5.73 Å². The van der Waals surface area contributed by atoms with Crippen LogP contribution >= 0.6 is 11.3 Å². The van der Waals surface area contributed by atoms with Crippen molar-refractivity contribution < 1.29 is 12.8 Å². The van der Waals surface area contributed by atoms with E-state index >= 15 is 0 Å². The predicted molar refractivity (Wildman–Crippen MR) is 79.0 cm³/mol. The normalized spacial score (nSPS) is 12.2. The molecule has 0 unspecified atom stereocenters. The quantitative estimate of drug-likeness (QED) is 0.918. The summed E-state index contributed by atoms with van der Waals surface area (Å²) in [5.74, 6) is 1.39. The molecule has 2 heterocycles. The van der Waals surface area contributed by atoms with E-state index in [0.29, 0.717) is 16.5 Å². The van der Waals surface area contributed by atoms with Crippen molar-refractivity contribution in [3.63, 3.8) is 0 Å². The molecular formula is C13H18N2O3S2. The summed E-state index contributed by atoms with van der Waals surface area (Å²) in [6, 6.07) is 5.27. The first-order chi connectivity index (χ1) is 9.34. The highest BCUT2D eigenvalue weighted by Gasteiger charge is 2.24. The van der Waals surface area contributed by atoms with Crippen LogP contribution in [-0.4, -0.2) is 19.8 Å². The van der Waals surface area contributed by atoms with E-state index in [0.717, 1.165) is 16.2 Å². The Kier molecular flexibility index (Phi) is 4.33.